The van der Waals surface area contributed by atoms with Gasteiger partial charge in [0.2, 0.25) is 0 Å². The lowest BCUT2D eigenvalue weighted by Gasteiger charge is -2.19. The molecule has 0 heteroatoms. The summed E-state index contributed by atoms with van der Waals surface area (Å²) in [5.41, 5.74) is 6.11. The Morgan fingerprint density at radius 3 is 1.44 bits per heavy atom. The van der Waals surface area contributed by atoms with Gasteiger partial charge in [-0.15, -0.1) is 0 Å². The van der Waals surface area contributed by atoms with E-state index in [9.17, 15) is 0 Å². The van der Waals surface area contributed by atoms with Crippen LogP contribution in [0.15, 0.2) is 24.3 Å². The van der Waals surface area contributed by atoms with Gasteiger partial charge in [-0.05, 0) is 47.9 Å². The second-order valence-electron chi connectivity index (χ2n) is 4.08. The molecule has 0 amide bonds. The molecule has 0 N–H and O–H groups in total. The molecule has 0 aliphatic heterocycles. The molecule has 0 fully saturated rings. The minimum atomic E-state index is 1.22. The van der Waals surface area contributed by atoms with Gasteiger partial charge in [0.1, 0.15) is 0 Å². The van der Waals surface area contributed by atoms with Crippen LogP contribution in [0.25, 0.3) is 12.2 Å². The zero-order chi connectivity index (χ0) is 13.4. The fourth-order valence-corrected chi connectivity index (χ4v) is 2.51. The Morgan fingerprint density at radius 2 is 1.06 bits per heavy atom. The molecule has 2 aliphatic carbocycles. The average molecular weight is 242 g/mol. The molecule has 0 heterocycles. The van der Waals surface area contributed by atoms with Gasteiger partial charge in [0.05, 0.1) is 0 Å². The van der Waals surface area contributed by atoms with Gasteiger partial charge in [0, 0.05) is 0 Å². The van der Waals surface area contributed by atoms with Gasteiger partial charge in [0.15, 0.2) is 0 Å². The van der Waals surface area contributed by atoms with Crippen molar-refractivity contribution in [2.45, 2.75) is 53.4 Å². The van der Waals surface area contributed by atoms with Gasteiger partial charge < -0.3 is 0 Å². The Balaban J connectivity index is 0.000000371. The maximum absolute atomic E-state index is 2.29. The van der Waals surface area contributed by atoms with E-state index in [0.29, 0.717) is 0 Å². The number of benzene rings is 1. The summed E-state index contributed by atoms with van der Waals surface area (Å²) in [5.74, 6) is 0. The molecule has 0 aromatic heterocycles. The molecule has 0 saturated carbocycles. The third-order valence-electron chi connectivity index (χ3n) is 3.22. The fraction of sp³-hybridized carbons (Fsp3) is 0.444. The van der Waals surface area contributed by atoms with Crippen LogP contribution in [-0.2, 0) is 12.8 Å². The van der Waals surface area contributed by atoms with Gasteiger partial charge in [-0.25, -0.2) is 0 Å². The minimum absolute atomic E-state index is 1.22. The summed E-state index contributed by atoms with van der Waals surface area (Å²) in [6.45, 7) is 8.00. The summed E-state index contributed by atoms with van der Waals surface area (Å²) in [6, 6.07) is 4.53. The highest BCUT2D eigenvalue weighted by atomic mass is 14.2. The molecular formula is C18H26. The predicted molar refractivity (Wildman–Crippen MR) is 83.8 cm³/mol. The fourth-order valence-electron chi connectivity index (χ4n) is 2.51. The monoisotopic (exact) mass is 242 g/mol. The van der Waals surface area contributed by atoms with Crippen molar-refractivity contribution >= 4 is 12.2 Å². The third kappa shape index (κ3) is 3.13. The first-order valence-electron chi connectivity index (χ1n) is 7.43. The Kier molecular flexibility index (Phi) is 6.49. The van der Waals surface area contributed by atoms with Crippen LogP contribution in [0.3, 0.4) is 0 Å². The third-order valence-corrected chi connectivity index (χ3v) is 3.22. The molecular weight excluding hydrogens is 216 g/mol. The molecule has 0 saturated heterocycles. The zero-order valence-electron chi connectivity index (χ0n) is 12.3. The molecule has 0 nitrogen and oxygen atoms in total. The standard InChI is InChI=1S/C14H14.2C2H6/c1-3-7-13-11(5-1)9-10-12-6-2-4-8-14(12)13;2*1-2/h1-2,5-6,9-10H,3-4,7-8H2;2*1-2H3. The number of fused-ring (bicyclic) bond motifs is 3. The normalized spacial score (nSPS) is 14.4. The topological polar surface area (TPSA) is 0 Å². The van der Waals surface area contributed by atoms with Crippen LogP contribution in [0.5, 0.6) is 0 Å². The first kappa shape index (κ1) is 14.8. The zero-order valence-corrected chi connectivity index (χ0v) is 12.3. The lowest BCUT2D eigenvalue weighted by Crippen LogP contribution is -2.04. The highest BCUT2D eigenvalue weighted by molar-refractivity contribution is 5.66. The molecule has 0 spiro atoms. The van der Waals surface area contributed by atoms with E-state index in [-0.39, 0.29) is 0 Å². The minimum Gasteiger partial charge on any atom is -0.0836 e. The Labute approximate surface area is 112 Å². The summed E-state index contributed by atoms with van der Waals surface area (Å²) in [5, 5.41) is 0. The SMILES string of the molecule is C1=Cc2ccc3c(c2CC1)CCC=C3.CC.CC. The highest BCUT2D eigenvalue weighted by Gasteiger charge is 2.13. The second-order valence-corrected chi connectivity index (χ2v) is 4.08. The van der Waals surface area contributed by atoms with E-state index >= 15 is 0 Å². The van der Waals surface area contributed by atoms with Crippen LogP contribution in [0.1, 0.15) is 62.8 Å². The van der Waals surface area contributed by atoms with Crippen LogP contribution in [0, 0.1) is 0 Å². The van der Waals surface area contributed by atoms with Crippen molar-refractivity contribution < 1.29 is 0 Å². The van der Waals surface area contributed by atoms with Crippen LogP contribution in [0.4, 0.5) is 0 Å². The van der Waals surface area contributed by atoms with Crippen molar-refractivity contribution in [2.75, 3.05) is 0 Å². The molecule has 0 bridgehead atoms. The number of allylic oxidation sites excluding steroid dienone is 2. The number of hydrogen-bond donors (Lipinski definition) is 0. The highest BCUT2D eigenvalue weighted by Crippen LogP contribution is 2.29. The summed E-state index contributed by atoms with van der Waals surface area (Å²) in [6.07, 6.45) is 14.0. The van der Waals surface area contributed by atoms with Crippen LogP contribution >= 0.6 is 0 Å². The van der Waals surface area contributed by atoms with Crippen molar-refractivity contribution in [1.29, 1.82) is 0 Å². The van der Waals surface area contributed by atoms with E-state index < -0.39 is 0 Å². The summed E-state index contributed by atoms with van der Waals surface area (Å²) in [7, 11) is 0. The summed E-state index contributed by atoms with van der Waals surface area (Å²) in [4.78, 5) is 0. The smallest absolute Gasteiger partial charge is 0.0224 e. The molecule has 0 atom stereocenters. The molecule has 0 radical (unpaired) electrons. The lowest BCUT2D eigenvalue weighted by atomic mass is 9.85. The maximum atomic E-state index is 2.29. The largest absolute Gasteiger partial charge is 0.0836 e. The van der Waals surface area contributed by atoms with Crippen molar-refractivity contribution in [2.24, 2.45) is 0 Å². The summed E-state index contributed by atoms with van der Waals surface area (Å²) >= 11 is 0. The average Bonchev–Trinajstić information content (AvgIpc) is 2.51. The van der Waals surface area contributed by atoms with E-state index in [1.54, 1.807) is 11.1 Å². The van der Waals surface area contributed by atoms with Gasteiger partial charge in [-0.1, -0.05) is 64.1 Å². The second kappa shape index (κ2) is 7.92. The Bertz CT molecular complexity index is 381. The van der Waals surface area contributed by atoms with Crippen molar-refractivity contribution in [3.8, 4) is 0 Å². The molecule has 98 valence electrons. The van der Waals surface area contributed by atoms with Crippen LogP contribution in [-0.4, -0.2) is 0 Å². The quantitative estimate of drug-likeness (QED) is 0.551. The van der Waals surface area contributed by atoms with Crippen molar-refractivity contribution in [1.82, 2.24) is 0 Å². The van der Waals surface area contributed by atoms with Crippen LogP contribution < -0.4 is 0 Å². The van der Waals surface area contributed by atoms with Gasteiger partial charge >= 0.3 is 0 Å². The molecule has 2 aliphatic rings. The van der Waals surface area contributed by atoms with E-state index in [4.69, 9.17) is 0 Å². The summed E-state index contributed by atoms with van der Waals surface area (Å²) < 4.78 is 0. The Morgan fingerprint density at radius 1 is 0.667 bits per heavy atom. The molecule has 1 aromatic rings. The molecule has 18 heavy (non-hydrogen) atoms. The first-order valence-corrected chi connectivity index (χ1v) is 7.43. The van der Waals surface area contributed by atoms with Crippen LogP contribution in [0.2, 0.25) is 0 Å². The van der Waals surface area contributed by atoms with Gasteiger partial charge in [0.25, 0.3) is 0 Å². The van der Waals surface area contributed by atoms with Gasteiger partial charge in [-0.2, -0.15) is 0 Å². The lowest BCUT2D eigenvalue weighted by molar-refractivity contribution is 0.906. The van der Waals surface area contributed by atoms with E-state index in [1.807, 2.05) is 27.7 Å². The Hall–Kier alpha value is -1.30. The molecule has 1 aromatic carbocycles. The van der Waals surface area contributed by atoms with E-state index in [2.05, 4.69) is 36.4 Å². The number of rotatable bonds is 0. The van der Waals surface area contributed by atoms with E-state index in [0.717, 1.165) is 0 Å². The molecule has 0 unspecified atom stereocenters. The molecule has 3 rings (SSSR count). The van der Waals surface area contributed by atoms with Gasteiger partial charge in [-0.3, -0.25) is 0 Å². The predicted octanol–water partition coefficient (Wildman–Crippen LogP) is 5.66. The van der Waals surface area contributed by atoms with E-state index in [1.165, 1.54) is 36.8 Å². The van der Waals surface area contributed by atoms with Crippen molar-refractivity contribution in [3.05, 3.63) is 46.5 Å². The first-order chi connectivity index (χ1) is 8.95. The van der Waals surface area contributed by atoms with Crippen molar-refractivity contribution in [3.63, 3.8) is 0 Å². The number of hydrogen-bond acceptors (Lipinski definition) is 0. The maximum Gasteiger partial charge on any atom is -0.0224 e.